The van der Waals surface area contributed by atoms with E-state index in [1.807, 2.05) is 0 Å². The SMILES string of the molecule is COC(=O)c1ccc(CN2CC[C@@H](O)[C@@H](C(=O)NCCN3CCOCC3)C2)o1. The minimum absolute atomic E-state index is 0.125. The third-order valence-electron chi connectivity index (χ3n) is 5.26. The first kappa shape index (κ1) is 20.8. The summed E-state index contributed by atoms with van der Waals surface area (Å²) >= 11 is 0. The van der Waals surface area contributed by atoms with Crippen molar-refractivity contribution in [2.45, 2.75) is 19.1 Å². The molecule has 0 unspecified atom stereocenters. The highest BCUT2D eigenvalue weighted by Gasteiger charge is 2.33. The van der Waals surface area contributed by atoms with E-state index in [9.17, 15) is 14.7 Å². The molecule has 0 saturated carbocycles. The van der Waals surface area contributed by atoms with E-state index in [0.717, 1.165) is 32.8 Å². The molecule has 156 valence electrons. The molecule has 3 heterocycles. The van der Waals surface area contributed by atoms with Gasteiger partial charge in [-0.1, -0.05) is 0 Å². The van der Waals surface area contributed by atoms with Crippen LogP contribution in [0, 0.1) is 5.92 Å². The lowest BCUT2D eigenvalue weighted by Crippen LogP contribution is -2.50. The summed E-state index contributed by atoms with van der Waals surface area (Å²) in [7, 11) is 1.30. The molecule has 1 aromatic heterocycles. The Labute approximate surface area is 164 Å². The van der Waals surface area contributed by atoms with Crippen LogP contribution < -0.4 is 5.32 Å². The van der Waals surface area contributed by atoms with Crippen LogP contribution in [0.25, 0.3) is 0 Å². The maximum Gasteiger partial charge on any atom is 0.373 e. The number of carbonyl (C=O) groups is 2. The lowest BCUT2D eigenvalue weighted by atomic mass is 9.93. The van der Waals surface area contributed by atoms with Gasteiger partial charge in [0.05, 0.1) is 38.9 Å². The predicted octanol–water partition coefficient (Wildman–Crippen LogP) is -0.303. The molecule has 9 nitrogen and oxygen atoms in total. The van der Waals surface area contributed by atoms with E-state index in [1.54, 1.807) is 12.1 Å². The second-order valence-corrected chi connectivity index (χ2v) is 7.20. The third-order valence-corrected chi connectivity index (χ3v) is 5.26. The third kappa shape index (κ3) is 5.54. The van der Waals surface area contributed by atoms with Crippen LogP contribution in [-0.4, -0.2) is 92.5 Å². The molecule has 0 aromatic carbocycles. The van der Waals surface area contributed by atoms with Crippen molar-refractivity contribution >= 4 is 11.9 Å². The molecule has 0 spiro atoms. The van der Waals surface area contributed by atoms with Crippen LogP contribution in [0.5, 0.6) is 0 Å². The standard InChI is InChI=1S/C19H29N3O6/c1-26-19(25)17-3-2-14(28-17)12-22-6-4-16(23)15(13-22)18(24)20-5-7-21-8-10-27-11-9-21/h2-3,15-16,23H,4-13H2,1H3,(H,20,24)/t15-,16+/m0/s1. The second-order valence-electron chi connectivity index (χ2n) is 7.20. The number of esters is 1. The summed E-state index contributed by atoms with van der Waals surface area (Å²) in [4.78, 5) is 28.4. The molecule has 2 fully saturated rings. The lowest BCUT2D eigenvalue weighted by Gasteiger charge is -2.35. The lowest BCUT2D eigenvalue weighted by molar-refractivity contribution is -0.131. The van der Waals surface area contributed by atoms with E-state index in [4.69, 9.17) is 9.15 Å². The van der Waals surface area contributed by atoms with Gasteiger partial charge < -0.3 is 24.3 Å². The average Bonchev–Trinajstić information content (AvgIpc) is 3.18. The molecule has 2 aliphatic rings. The van der Waals surface area contributed by atoms with Gasteiger partial charge in [-0.2, -0.15) is 0 Å². The molecule has 0 bridgehead atoms. The summed E-state index contributed by atoms with van der Waals surface area (Å²) in [6.45, 7) is 6.14. The predicted molar refractivity (Wildman–Crippen MR) is 99.7 cm³/mol. The average molecular weight is 395 g/mol. The molecule has 28 heavy (non-hydrogen) atoms. The number of rotatable bonds is 7. The topological polar surface area (TPSA) is 104 Å². The van der Waals surface area contributed by atoms with E-state index in [1.165, 1.54) is 7.11 Å². The van der Waals surface area contributed by atoms with Crippen molar-refractivity contribution in [2.75, 3.05) is 59.6 Å². The number of morpholine rings is 1. The first-order valence-corrected chi connectivity index (χ1v) is 9.72. The molecule has 1 aromatic rings. The van der Waals surface area contributed by atoms with Gasteiger partial charge in [0.15, 0.2) is 0 Å². The van der Waals surface area contributed by atoms with Crippen LogP contribution in [0.15, 0.2) is 16.5 Å². The van der Waals surface area contributed by atoms with E-state index in [-0.39, 0.29) is 11.7 Å². The molecular weight excluding hydrogens is 366 g/mol. The van der Waals surface area contributed by atoms with E-state index < -0.39 is 18.0 Å². The summed E-state index contributed by atoms with van der Waals surface area (Å²) in [6, 6.07) is 3.31. The number of nitrogens with one attached hydrogen (secondary N) is 1. The summed E-state index contributed by atoms with van der Waals surface area (Å²) in [6.07, 6.45) is -0.131. The van der Waals surface area contributed by atoms with E-state index in [0.29, 0.717) is 38.4 Å². The number of aliphatic hydroxyl groups is 1. The zero-order chi connectivity index (χ0) is 19.9. The Morgan fingerprint density at radius 1 is 1.25 bits per heavy atom. The van der Waals surface area contributed by atoms with Crippen molar-refractivity contribution in [2.24, 2.45) is 5.92 Å². The number of methoxy groups -OCH3 is 1. The molecule has 2 atom stereocenters. The Bertz CT molecular complexity index is 658. The zero-order valence-corrected chi connectivity index (χ0v) is 16.3. The molecule has 1 amide bonds. The number of carbonyl (C=O) groups excluding carboxylic acids is 2. The minimum atomic E-state index is -0.651. The maximum absolute atomic E-state index is 12.6. The Balaban J connectivity index is 1.47. The van der Waals surface area contributed by atoms with Crippen molar-refractivity contribution in [1.29, 1.82) is 0 Å². The van der Waals surface area contributed by atoms with Gasteiger partial charge in [-0.25, -0.2) is 4.79 Å². The van der Waals surface area contributed by atoms with Crippen LogP contribution in [-0.2, 0) is 20.8 Å². The fourth-order valence-electron chi connectivity index (χ4n) is 3.60. The Morgan fingerprint density at radius 2 is 2.04 bits per heavy atom. The van der Waals surface area contributed by atoms with Crippen LogP contribution in [0.1, 0.15) is 22.7 Å². The quantitative estimate of drug-likeness (QED) is 0.607. The monoisotopic (exact) mass is 395 g/mol. The van der Waals surface area contributed by atoms with Gasteiger partial charge >= 0.3 is 5.97 Å². The van der Waals surface area contributed by atoms with E-state index >= 15 is 0 Å². The molecule has 2 aliphatic heterocycles. The van der Waals surface area contributed by atoms with Crippen molar-refractivity contribution < 1.29 is 28.6 Å². The number of piperidine rings is 1. The Hall–Kier alpha value is -1.94. The second kappa shape index (κ2) is 10.0. The van der Waals surface area contributed by atoms with Crippen molar-refractivity contribution in [1.82, 2.24) is 15.1 Å². The Morgan fingerprint density at radius 3 is 2.79 bits per heavy atom. The normalized spacial score (nSPS) is 24.1. The number of nitrogens with zero attached hydrogens (tertiary/aromatic N) is 2. The largest absolute Gasteiger partial charge is 0.463 e. The molecule has 3 rings (SSSR count). The molecule has 2 saturated heterocycles. The van der Waals surface area contributed by atoms with Gasteiger partial charge in [-0.05, 0) is 18.6 Å². The fraction of sp³-hybridized carbons (Fsp3) is 0.684. The van der Waals surface area contributed by atoms with Crippen LogP contribution in [0.2, 0.25) is 0 Å². The highest BCUT2D eigenvalue weighted by Crippen LogP contribution is 2.20. The number of ether oxygens (including phenoxy) is 2. The first-order chi connectivity index (χ1) is 13.6. The summed E-state index contributed by atoms with van der Waals surface area (Å²) in [5, 5.41) is 13.2. The van der Waals surface area contributed by atoms with Gasteiger partial charge in [-0.3, -0.25) is 14.6 Å². The van der Waals surface area contributed by atoms with Crippen LogP contribution in [0.4, 0.5) is 0 Å². The van der Waals surface area contributed by atoms with Gasteiger partial charge in [0.25, 0.3) is 0 Å². The summed E-state index contributed by atoms with van der Waals surface area (Å²) < 4.78 is 15.5. The van der Waals surface area contributed by atoms with Crippen molar-refractivity contribution in [3.8, 4) is 0 Å². The van der Waals surface area contributed by atoms with Crippen LogP contribution >= 0.6 is 0 Å². The summed E-state index contributed by atoms with van der Waals surface area (Å²) in [5.41, 5.74) is 0. The number of hydrogen-bond acceptors (Lipinski definition) is 8. The van der Waals surface area contributed by atoms with Gasteiger partial charge in [-0.15, -0.1) is 0 Å². The molecule has 0 aliphatic carbocycles. The maximum atomic E-state index is 12.6. The van der Waals surface area contributed by atoms with Crippen molar-refractivity contribution in [3.05, 3.63) is 23.7 Å². The van der Waals surface area contributed by atoms with E-state index in [2.05, 4.69) is 19.9 Å². The van der Waals surface area contributed by atoms with Gasteiger partial charge in [0.1, 0.15) is 5.76 Å². The molecule has 9 heteroatoms. The number of aliphatic hydroxyl groups excluding tert-OH is 1. The zero-order valence-electron chi connectivity index (χ0n) is 16.3. The Kier molecular flexibility index (Phi) is 7.43. The fourth-order valence-corrected chi connectivity index (χ4v) is 3.60. The number of likely N-dealkylation sites (tertiary alicyclic amines) is 1. The molecule has 2 N–H and O–H groups in total. The molecule has 0 radical (unpaired) electrons. The molecular formula is C19H29N3O6. The van der Waals surface area contributed by atoms with Crippen molar-refractivity contribution in [3.63, 3.8) is 0 Å². The number of furan rings is 1. The highest BCUT2D eigenvalue weighted by atomic mass is 16.5. The number of amides is 1. The van der Waals surface area contributed by atoms with Gasteiger partial charge in [0, 0.05) is 39.3 Å². The van der Waals surface area contributed by atoms with Crippen LogP contribution in [0.3, 0.4) is 0 Å². The minimum Gasteiger partial charge on any atom is -0.463 e. The summed E-state index contributed by atoms with van der Waals surface area (Å²) in [5.74, 6) is -0.332. The first-order valence-electron chi connectivity index (χ1n) is 9.72. The smallest absolute Gasteiger partial charge is 0.373 e. The highest BCUT2D eigenvalue weighted by molar-refractivity contribution is 5.86. The number of hydrogen-bond donors (Lipinski definition) is 2. The van der Waals surface area contributed by atoms with Gasteiger partial charge in [0.2, 0.25) is 11.7 Å².